The molecule has 1 saturated heterocycles. The topological polar surface area (TPSA) is 129 Å². The second kappa shape index (κ2) is 7.82. The second-order valence-corrected chi connectivity index (χ2v) is 8.77. The summed E-state index contributed by atoms with van der Waals surface area (Å²) >= 11 is 0. The van der Waals surface area contributed by atoms with Gasteiger partial charge in [0.05, 0.1) is 22.4 Å². The van der Waals surface area contributed by atoms with Crippen molar-refractivity contribution in [1.82, 2.24) is 15.2 Å². The lowest BCUT2D eigenvalue weighted by Gasteiger charge is -2.15. The zero-order chi connectivity index (χ0) is 20.4. The molecule has 0 unspecified atom stereocenters. The number of aliphatic hydroxyl groups excluding tert-OH is 1. The molecule has 10 heteroatoms. The molecule has 0 radical (unpaired) electrons. The number of aryl methyl sites for hydroxylation is 1. The van der Waals surface area contributed by atoms with Crippen molar-refractivity contribution in [3.63, 3.8) is 0 Å². The second-order valence-electron chi connectivity index (χ2n) is 6.82. The van der Waals surface area contributed by atoms with Crippen LogP contribution in [-0.4, -0.2) is 47.6 Å². The van der Waals surface area contributed by atoms with Gasteiger partial charge >= 0.3 is 0 Å². The third kappa shape index (κ3) is 4.39. The maximum absolute atomic E-state index is 13.1. The first-order chi connectivity index (χ1) is 13.9. The number of ether oxygens (including phenoxy) is 1. The Morgan fingerprint density at radius 3 is 2.52 bits per heavy atom. The van der Waals surface area contributed by atoms with Crippen LogP contribution in [0.2, 0.25) is 0 Å². The van der Waals surface area contributed by atoms with Gasteiger partial charge in [0.15, 0.2) is 12.1 Å². The number of nitrogens with zero attached hydrogens (tertiary/aromatic N) is 2. The molecule has 2 aromatic heterocycles. The van der Waals surface area contributed by atoms with Gasteiger partial charge in [0.2, 0.25) is 9.84 Å². The number of aromatic amines is 1. The van der Waals surface area contributed by atoms with Gasteiger partial charge in [-0.25, -0.2) is 13.4 Å². The summed E-state index contributed by atoms with van der Waals surface area (Å²) in [6, 6.07) is 12.8. The van der Waals surface area contributed by atoms with E-state index in [1.807, 2.05) is 6.92 Å². The molecule has 0 aliphatic carbocycles. The smallest absolute Gasteiger partial charge is 0.206 e. The number of aliphatic hydroxyl groups is 1. The molecule has 2 atom stereocenters. The van der Waals surface area contributed by atoms with E-state index in [0.717, 1.165) is 5.69 Å². The number of benzene rings is 1. The van der Waals surface area contributed by atoms with Crippen molar-refractivity contribution in [3.05, 3.63) is 54.2 Å². The summed E-state index contributed by atoms with van der Waals surface area (Å²) in [6.07, 6.45) is -0.452. The minimum atomic E-state index is -3.74. The number of aromatic nitrogens is 3. The molecule has 1 aliphatic heterocycles. The molecule has 1 fully saturated rings. The largest absolute Gasteiger partial charge is 0.368 e. The molecule has 9 nitrogen and oxygen atoms in total. The fraction of sp³-hybridized carbons (Fsp3) is 0.263. The van der Waals surface area contributed by atoms with Crippen LogP contribution < -0.4 is 10.6 Å². The Labute approximate surface area is 168 Å². The number of hydrogen-bond acceptors (Lipinski definition) is 8. The number of anilines is 3. The summed E-state index contributed by atoms with van der Waals surface area (Å²) in [5, 5.41) is 22.6. The van der Waals surface area contributed by atoms with Crippen molar-refractivity contribution < 1.29 is 18.3 Å². The van der Waals surface area contributed by atoms with Gasteiger partial charge in [-0.3, -0.25) is 5.10 Å². The highest BCUT2D eigenvalue weighted by atomic mass is 32.2. The Bertz CT molecular complexity index is 1100. The lowest BCUT2D eigenvalue weighted by atomic mass is 10.2. The summed E-state index contributed by atoms with van der Waals surface area (Å²) in [7, 11) is -3.74. The van der Waals surface area contributed by atoms with Crippen molar-refractivity contribution in [1.29, 1.82) is 0 Å². The van der Waals surface area contributed by atoms with Crippen LogP contribution in [0.5, 0.6) is 0 Å². The predicted molar refractivity (Wildman–Crippen MR) is 107 cm³/mol. The lowest BCUT2D eigenvalue weighted by Crippen LogP contribution is -2.21. The number of hydrogen-bond donors (Lipinski definition) is 4. The van der Waals surface area contributed by atoms with Crippen LogP contribution in [0.15, 0.2) is 58.3 Å². The van der Waals surface area contributed by atoms with Crippen LogP contribution in [0.3, 0.4) is 0 Å². The fourth-order valence-corrected chi connectivity index (χ4v) is 4.39. The van der Waals surface area contributed by atoms with Gasteiger partial charge in [0.1, 0.15) is 11.6 Å². The maximum atomic E-state index is 13.1. The van der Waals surface area contributed by atoms with Gasteiger partial charge in [-0.2, -0.15) is 5.10 Å². The number of pyridine rings is 1. The zero-order valence-electron chi connectivity index (χ0n) is 15.7. The molecule has 3 heterocycles. The van der Waals surface area contributed by atoms with E-state index in [2.05, 4.69) is 25.8 Å². The van der Waals surface area contributed by atoms with Crippen LogP contribution >= 0.6 is 0 Å². The minimum Gasteiger partial charge on any atom is -0.368 e. The number of H-pyrrole nitrogens is 1. The Kier molecular flexibility index (Phi) is 5.22. The molecule has 1 aromatic carbocycles. The predicted octanol–water partition coefficient (Wildman–Crippen LogP) is 2.21. The average molecular weight is 415 g/mol. The maximum Gasteiger partial charge on any atom is 0.206 e. The highest BCUT2D eigenvalue weighted by molar-refractivity contribution is 7.91. The highest BCUT2D eigenvalue weighted by Gasteiger charge is 2.25. The van der Waals surface area contributed by atoms with E-state index < -0.39 is 16.1 Å². The molecule has 1 aliphatic rings. The fourth-order valence-electron chi connectivity index (χ4n) is 3.06. The Morgan fingerprint density at radius 1 is 1.10 bits per heavy atom. The van der Waals surface area contributed by atoms with E-state index in [4.69, 9.17) is 4.74 Å². The van der Waals surface area contributed by atoms with E-state index in [9.17, 15) is 13.5 Å². The standard InChI is InChI=1S/C19H21N5O4S/c1-12-7-18(24-23-12)22-17-10-15(29(26,27)14-5-3-2-4-6-14)9-16(21-17)20-13-8-19(25)28-11-13/h2-7,9-10,13,19,25H,8,11H2,1H3,(H3,20,21,22,23,24)/t13-,19-/m0/s1. The summed E-state index contributed by atoms with van der Waals surface area (Å²) in [6.45, 7) is 2.17. The van der Waals surface area contributed by atoms with E-state index in [-0.39, 0.29) is 15.8 Å². The van der Waals surface area contributed by atoms with Crippen LogP contribution in [0.25, 0.3) is 0 Å². The van der Waals surface area contributed by atoms with Gasteiger partial charge in [-0.15, -0.1) is 0 Å². The molecule has 0 bridgehead atoms. The van der Waals surface area contributed by atoms with Crippen LogP contribution in [0, 0.1) is 6.92 Å². The molecule has 29 heavy (non-hydrogen) atoms. The van der Waals surface area contributed by atoms with Crippen molar-refractivity contribution in [2.75, 3.05) is 17.2 Å². The molecular formula is C19H21N5O4S. The third-order valence-corrected chi connectivity index (χ3v) is 6.20. The number of sulfone groups is 1. The molecule has 0 amide bonds. The molecule has 0 spiro atoms. The van der Waals surface area contributed by atoms with E-state index in [0.29, 0.717) is 30.5 Å². The molecular weight excluding hydrogens is 394 g/mol. The third-order valence-electron chi connectivity index (χ3n) is 4.45. The number of rotatable bonds is 6. The number of nitrogens with one attached hydrogen (secondary N) is 3. The van der Waals surface area contributed by atoms with Gasteiger partial charge in [0.25, 0.3) is 0 Å². The van der Waals surface area contributed by atoms with Gasteiger partial charge < -0.3 is 20.5 Å². The first-order valence-corrected chi connectivity index (χ1v) is 10.6. The normalized spacial score (nSPS) is 19.2. The molecule has 3 aromatic rings. The van der Waals surface area contributed by atoms with Crippen molar-refractivity contribution in [2.24, 2.45) is 0 Å². The van der Waals surface area contributed by atoms with Crippen LogP contribution in [0.1, 0.15) is 12.1 Å². The zero-order valence-corrected chi connectivity index (χ0v) is 16.5. The van der Waals surface area contributed by atoms with Crippen LogP contribution in [-0.2, 0) is 14.6 Å². The van der Waals surface area contributed by atoms with Gasteiger partial charge in [-0.1, -0.05) is 18.2 Å². The van der Waals surface area contributed by atoms with E-state index in [1.165, 1.54) is 12.1 Å². The first-order valence-electron chi connectivity index (χ1n) is 9.07. The average Bonchev–Trinajstić information content (AvgIpc) is 3.30. The Hall–Kier alpha value is -2.95. The van der Waals surface area contributed by atoms with Crippen LogP contribution in [0.4, 0.5) is 17.5 Å². The van der Waals surface area contributed by atoms with E-state index >= 15 is 0 Å². The molecule has 152 valence electrons. The lowest BCUT2D eigenvalue weighted by molar-refractivity contribution is -0.0589. The van der Waals surface area contributed by atoms with Gasteiger partial charge in [-0.05, 0) is 25.1 Å². The summed E-state index contributed by atoms with van der Waals surface area (Å²) in [5.74, 6) is 1.21. The minimum absolute atomic E-state index is 0.0930. The van der Waals surface area contributed by atoms with Crippen molar-refractivity contribution in [3.8, 4) is 0 Å². The quantitative estimate of drug-likeness (QED) is 0.482. The summed E-state index contributed by atoms with van der Waals surface area (Å²) in [5.41, 5.74) is 0.857. The summed E-state index contributed by atoms with van der Waals surface area (Å²) in [4.78, 5) is 4.74. The highest BCUT2D eigenvalue weighted by Crippen LogP contribution is 2.27. The first kappa shape index (κ1) is 19.4. The van der Waals surface area contributed by atoms with Crippen molar-refractivity contribution >= 4 is 27.3 Å². The molecule has 4 N–H and O–H groups in total. The SMILES string of the molecule is Cc1cc(Nc2cc(S(=O)(=O)c3ccccc3)cc(N[C@@H]3CO[C@H](O)C3)n2)n[nH]1. The summed E-state index contributed by atoms with van der Waals surface area (Å²) < 4.78 is 31.4. The monoisotopic (exact) mass is 415 g/mol. The van der Waals surface area contributed by atoms with Crippen molar-refractivity contribution in [2.45, 2.75) is 35.5 Å². The van der Waals surface area contributed by atoms with E-state index in [1.54, 1.807) is 36.4 Å². The van der Waals surface area contributed by atoms with Gasteiger partial charge in [0, 0.05) is 24.2 Å². The Morgan fingerprint density at radius 2 is 1.86 bits per heavy atom. The molecule has 0 saturated carbocycles. The Balaban J connectivity index is 1.71. The molecule has 4 rings (SSSR count).